The van der Waals surface area contributed by atoms with Crippen molar-refractivity contribution in [1.29, 1.82) is 0 Å². The van der Waals surface area contributed by atoms with Crippen LogP contribution in [0.25, 0.3) is 0 Å². The Labute approximate surface area is 477 Å². The van der Waals surface area contributed by atoms with E-state index in [0.29, 0.717) is 24.3 Å². The minimum atomic E-state index is -1.59. The first-order valence-corrected chi connectivity index (χ1v) is 28.6. The summed E-state index contributed by atoms with van der Waals surface area (Å²) in [5.41, 5.74) is 23.9. The summed E-state index contributed by atoms with van der Waals surface area (Å²) < 4.78 is 0. The molecule has 1 aromatic carbocycles. The van der Waals surface area contributed by atoms with E-state index in [1.165, 1.54) is 24.3 Å². The van der Waals surface area contributed by atoms with E-state index in [2.05, 4.69) is 57.5 Å². The highest BCUT2D eigenvalue weighted by Gasteiger charge is 2.37. The number of unbranched alkanes of at least 4 members (excludes halogenated alkanes) is 1. The Morgan fingerprint density at radius 2 is 1.10 bits per heavy atom. The minimum Gasteiger partial charge on any atom is -0.481 e. The number of aliphatic imine (C=N–C) groups is 1. The van der Waals surface area contributed by atoms with Gasteiger partial charge in [0.25, 0.3) is 0 Å². The van der Waals surface area contributed by atoms with Gasteiger partial charge in [-0.25, -0.2) is 9.78 Å². The van der Waals surface area contributed by atoms with Gasteiger partial charge in [-0.2, -0.15) is 11.8 Å². The van der Waals surface area contributed by atoms with Crippen LogP contribution >= 0.6 is 11.8 Å². The summed E-state index contributed by atoms with van der Waals surface area (Å²) in [6.45, 7) is 10.5. The molecular weight excluding hydrogens is 1070 g/mol. The summed E-state index contributed by atoms with van der Waals surface area (Å²) in [4.78, 5) is 147. The number of carbonyl (C=O) groups is 10. The molecule has 0 aliphatic carbocycles. The van der Waals surface area contributed by atoms with Crippen LogP contribution in [-0.2, 0) is 60.8 Å². The van der Waals surface area contributed by atoms with Gasteiger partial charge in [0.2, 0.25) is 47.3 Å². The van der Waals surface area contributed by atoms with Crippen molar-refractivity contribution >= 4 is 76.9 Å². The van der Waals surface area contributed by atoms with Gasteiger partial charge in [0, 0.05) is 31.3 Å². The molecule has 27 nitrogen and oxygen atoms in total. The van der Waals surface area contributed by atoms with Crippen molar-refractivity contribution in [2.24, 2.45) is 45.7 Å². The van der Waals surface area contributed by atoms with E-state index in [4.69, 9.17) is 22.9 Å². The smallest absolute Gasteiger partial charge is 0.326 e. The number of rotatable bonds is 39. The number of aromatic nitrogens is 2. The maximum Gasteiger partial charge on any atom is 0.326 e. The lowest BCUT2D eigenvalue weighted by Gasteiger charge is -2.30. The molecule has 81 heavy (non-hydrogen) atoms. The molecule has 19 N–H and O–H groups in total. The summed E-state index contributed by atoms with van der Waals surface area (Å²) in [6, 6.07) is -2.61. The zero-order chi connectivity index (χ0) is 60.8. The predicted molar refractivity (Wildman–Crippen MR) is 305 cm³/mol. The zero-order valence-corrected chi connectivity index (χ0v) is 48.3. The number of nitrogens with one attached hydrogen (secondary N) is 9. The Morgan fingerprint density at radius 1 is 0.605 bits per heavy atom. The van der Waals surface area contributed by atoms with Gasteiger partial charge in [-0.15, -0.1) is 0 Å². The normalized spacial score (nSPS) is 14.6. The number of hydrogen-bond donors (Lipinski definition) is 15. The number of aliphatic carboxylic acids is 2. The quantitative estimate of drug-likeness (QED) is 0.0209. The maximum absolute atomic E-state index is 14.3. The molecule has 0 saturated heterocycles. The monoisotopic (exact) mass is 1160 g/mol. The molecule has 0 unspecified atom stereocenters. The predicted octanol–water partition coefficient (Wildman–Crippen LogP) is -1.36. The number of carboxylic acid groups (broad SMARTS) is 2. The summed E-state index contributed by atoms with van der Waals surface area (Å²) in [5.74, 6) is -10.2. The number of thioether (sulfide) groups is 1. The number of guanidine groups is 1. The van der Waals surface area contributed by atoms with Crippen LogP contribution in [0.5, 0.6) is 0 Å². The van der Waals surface area contributed by atoms with E-state index < -0.39 is 138 Å². The summed E-state index contributed by atoms with van der Waals surface area (Å²) >= 11 is 1.38. The average Bonchev–Trinajstić information content (AvgIpc) is 3.92. The van der Waals surface area contributed by atoms with Gasteiger partial charge < -0.3 is 80.7 Å². The van der Waals surface area contributed by atoms with Gasteiger partial charge in [0.1, 0.15) is 48.3 Å². The molecule has 0 spiro atoms. The van der Waals surface area contributed by atoms with Gasteiger partial charge in [0.15, 0.2) is 5.96 Å². The van der Waals surface area contributed by atoms with Crippen molar-refractivity contribution in [2.75, 3.05) is 25.1 Å². The lowest BCUT2D eigenvalue weighted by atomic mass is 9.98. The second-order valence-corrected chi connectivity index (χ2v) is 21.8. The molecule has 8 amide bonds. The highest BCUT2D eigenvalue weighted by atomic mass is 32.2. The second-order valence-electron chi connectivity index (χ2n) is 20.8. The van der Waals surface area contributed by atoms with Crippen LogP contribution < -0.4 is 65.5 Å². The number of nitrogens with zero attached hydrogens (tertiary/aromatic N) is 2. The second kappa shape index (κ2) is 36.8. The fraction of sp³-hybridized carbons (Fsp3) is 0.623. The maximum atomic E-state index is 14.3. The molecule has 28 heteroatoms. The van der Waals surface area contributed by atoms with E-state index in [9.17, 15) is 58.2 Å². The molecule has 1 aromatic heterocycles. The van der Waals surface area contributed by atoms with Gasteiger partial charge in [0.05, 0.1) is 12.4 Å². The van der Waals surface area contributed by atoms with E-state index in [0.717, 1.165) is 5.56 Å². The van der Waals surface area contributed by atoms with Crippen LogP contribution in [0.15, 0.2) is 47.8 Å². The lowest BCUT2D eigenvalue weighted by molar-refractivity contribution is -0.142. The number of H-pyrrole nitrogens is 1. The van der Waals surface area contributed by atoms with Crippen LogP contribution in [-0.4, -0.2) is 165 Å². The molecule has 2 aromatic rings. The Balaban J connectivity index is 2.38. The highest BCUT2D eigenvalue weighted by Crippen LogP contribution is 2.14. The first-order valence-electron chi connectivity index (χ1n) is 27.2. The molecule has 452 valence electrons. The molecule has 1 heterocycles. The minimum absolute atomic E-state index is 0.0183. The van der Waals surface area contributed by atoms with E-state index in [-0.39, 0.29) is 69.9 Å². The van der Waals surface area contributed by atoms with Crippen LogP contribution in [0, 0.1) is 17.8 Å². The Bertz CT molecular complexity index is 2370. The van der Waals surface area contributed by atoms with Crippen molar-refractivity contribution < 1.29 is 58.2 Å². The number of nitrogens with two attached hydrogens (primary N) is 4. The molecule has 0 fully saturated rings. The number of imidazole rings is 1. The van der Waals surface area contributed by atoms with E-state index in [1.54, 1.807) is 46.1 Å². The number of carbonyl (C=O) groups excluding carboxylic acids is 8. The number of amides is 8. The number of benzene rings is 1. The van der Waals surface area contributed by atoms with Crippen molar-refractivity contribution in [3.63, 3.8) is 0 Å². The number of hydrogen-bond acceptors (Lipinski definition) is 15. The van der Waals surface area contributed by atoms with Gasteiger partial charge >= 0.3 is 11.9 Å². The van der Waals surface area contributed by atoms with E-state index >= 15 is 0 Å². The van der Waals surface area contributed by atoms with Crippen LogP contribution in [0.2, 0.25) is 0 Å². The Kier molecular flexibility index (Phi) is 31.7. The fourth-order valence-electron chi connectivity index (χ4n) is 8.25. The van der Waals surface area contributed by atoms with Crippen LogP contribution in [0.1, 0.15) is 111 Å². The Hall–Kier alpha value is -7.33. The largest absolute Gasteiger partial charge is 0.481 e. The molecule has 2 rings (SSSR count). The number of carboxylic acids is 2. The molecule has 0 saturated carbocycles. The summed E-state index contributed by atoms with van der Waals surface area (Å²) in [5, 5.41) is 40.6. The van der Waals surface area contributed by atoms with Gasteiger partial charge in [-0.05, 0) is 99.7 Å². The van der Waals surface area contributed by atoms with Crippen LogP contribution in [0.3, 0.4) is 0 Å². The highest BCUT2D eigenvalue weighted by molar-refractivity contribution is 7.98. The van der Waals surface area contributed by atoms with Crippen molar-refractivity contribution in [2.45, 2.75) is 167 Å². The lowest BCUT2D eigenvalue weighted by Crippen LogP contribution is -2.62. The van der Waals surface area contributed by atoms with E-state index in [1.807, 2.05) is 32.0 Å². The van der Waals surface area contributed by atoms with Gasteiger partial charge in [-0.1, -0.05) is 71.9 Å². The SMILES string of the molecule is CSCC[C@H](NC(=O)[C@H](CCCCN)NC(=O)[C@@H](NC(=O)[C@@H](NC(=O)[C@H](CCC(=O)O)NC(=O)[C@H](Cc1cnc[nH]1)NC(=O)[C@H](CC(C)C)NC(=O)[C@@H](N)Cc1ccccc1)C(C)C)C(C)C)C(=O)N[C@@H](CCCN=C(N)N)C(=O)O. The first kappa shape index (κ1) is 69.8. The number of aromatic amines is 1. The molecular formula is C53H87N15O12S. The molecule has 0 aliphatic heterocycles. The summed E-state index contributed by atoms with van der Waals surface area (Å²) in [7, 11) is 0. The first-order chi connectivity index (χ1) is 38.3. The van der Waals surface area contributed by atoms with Crippen LogP contribution in [0.4, 0.5) is 0 Å². The van der Waals surface area contributed by atoms with Gasteiger partial charge in [-0.3, -0.25) is 48.1 Å². The third-order valence-corrected chi connectivity index (χ3v) is 13.4. The average molecular weight is 1160 g/mol. The third-order valence-electron chi connectivity index (χ3n) is 12.7. The molecule has 0 radical (unpaired) electrons. The van der Waals surface area contributed by atoms with Crippen molar-refractivity contribution in [3.8, 4) is 0 Å². The third kappa shape index (κ3) is 26.7. The van der Waals surface area contributed by atoms with Crippen molar-refractivity contribution in [3.05, 3.63) is 54.1 Å². The fourth-order valence-corrected chi connectivity index (χ4v) is 8.72. The molecule has 9 atom stereocenters. The molecule has 0 bridgehead atoms. The zero-order valence-electron chi connectivity index (χ0n) is 47.5. The Morgan fingerprint density at radius 3 is 1.63 bits per heavy atom. The summed E-state index contributed by atoms with van der Waals surface area (Å²) in [6.07, 6.45) is 4.85. The standard InChI is InChI=1S/C53H87N15O12S/c1-29(2)24-39(65-44(71)34(55)25-32-14-9-8-10-15-32)48(75)66-40(26-33-27-58-28-60-33)49(76)61-36(18-19-41(69)70)47(74)67-43(31(5)6)51(78)68-42(30(3)4)50(77)63-35(16-11-12-21-54)45(72)62-37(20-23-81-7)46(73)64-38(52(79)80)17-13-22-59-53(56)57/h8-10,14-15,27-31,34-40,42-43H,11-13,16-26,54-55H2,1-7H3,(H,58,60)(H,61,76)(H,62,72)(H,63,77)(H,64,73)(H,65,71)(H,66,75)(H,67,74)(H,68,78)(H,69,70)(H,79,80)(H4,56,57,59)/t34-,35-,36-,37-,38-,39-,40-,42-,43-/m0/s1. The molecule has 0 aliphatic rings. The topological polar surface area (TPSA) is 453 Å². The van der Waals surface area contributed by atoms with Crippen molar-refractivity contribution in [1.82, 2.24) is 52.5 Å².